The fourth-order valence-corrected chi connectivity index (χ4v) is 11.2. The molecule has 0 radical (unpaired) electrons. The number of piperazine rings is 1. The van der Waals surface area contributed by atoms with Crippen molar-refractivity contribution in [3.05, 3.63) is 35.4 Å². The molecule has 10 atom stereocenters. The predicted molar refractivity (Wildman–Crippen MR) is 166 cm³/mol. The van der Waals surface area contributed by atoms with Crippen LogP contribution < -0.4 is 0 Å². The van der Waals surface area contributed by atoms with Crippen molar-refractivity contribution in [3.8, 4) is 6.07 Å². The Kier molecular flexibility index (Phi) is 7.83. The van der Waals surface area contributed by atoms with E-state index in [9.17, 15) is 19.8 Å². The van der Waals surface area contributed by atoms with Gasteiger partial charge in [-0.25, -0.2) is 0 Å². The van der Waals surface area contributed by atoms with Crippen molar-refractivity contribution in [1.82, 2.24) is 14.7 Å². The van der Waals surface area contributed by atoms with Gasteiger partial charge in [-0.05, 0) is 123 Å². The van der Waals surface area contributed by atoms with E-state index >= 15 is 0 Å². The lowest BCUT2D eigenvalue weighted by molar-refractivity contribution is -0.157. The zero-order valence-corrected chi connectivity index (χ0v) is 26.5. The molecule has 6 aliphatic rings. The zero-order valence-electron chi connectivity index (χ0n) is 26.5. The summed E-state index contributed by atoms with van der Waals surface area (Å²) in [6.45, 7) is 8.22. The first kappa shape index (κ1) is 30.2. The number of carbonyl (C=O) groups is 2. The molecule has 238 valence electrons. The number of fused-ring (bicyclic) bond motifs is 5. The van der Waals surface area contributed by atoms with Gasteiger partial charge in [-0.2, -0.15) is 5.26 Å². The van der Waals surface area contributed by atoms with Crippen molar-refractivity contribution >= 4 is 11.8 Å². The van der Waals surface area contributed by atoms with Crippen LogP contribution in [0.5, 0.6) is 0 Å². The van der Waals surface area contributed by atoms with Crippen LogP contribution in [-0.2, 0) is 4.79 Å². The SMILES string of the molecule is C[C@]12C[C@H](N3CCN(C(=O)[C@@H]4CCCN4C(=O)c4ccc(C#N)cc4)CC3)[C@@H](O)C[C@@H]1CC[C@@H]1[C@@H]2CC[C@]2(C)[C@@H](O)CC[C@@H]12. The zero-order chi connectivity index (χ0) is 30.8. The van der Waals surface area contributed by atoms with Crippen molar-refractivity contribution in [2.45, 2.75) is 102 Å². The first-order valence-corrected chi connectivity index (χ1v) is 17.3. The van der Waals surface area contributed by atoms with Crippen molar-refractivity contribution in [2.24, 2.45) is 34.5 Å². The largest absolute Gasteiger partial charge is 0.393 e. The molecule has 0 bridgehead atoms. The molecule has 44 heavy (non-hydrogen) atoms. The Balaban J connectivity index is 0.995. The summed E-state index contributed by atoms with van der Waals surface area (Å²) in [5.74, 6) is 2.46. The second kappa shape index (κ2) is 11.4. The first-order chi connectivity index (χ1) is 21.1. The molecule has 8 heteroatoms. The lowest BCUT2D eigenvalue weighted by Gasteiger charge is -2.62. The highest BCUT2D eigenvalue weighted by Crippen LogP contribution is 2.66. The minimum absolute atomic E-state index is 0.0412. The molecule has 8 nitrogen and oxygen atoms in total. The van der Waals surface area contributed by atoms with Crippen LogP contribution in [0.25, 0.3) is 0 Å². The Morgan fingerprint density at radius 1 is 0.886 bits per heavy atom. The molecule has 0 aromatic heterocycles. The lowest BCUT2D eigenvalue weighted by Crippen LogP contribution is -2.62. The summed E-state index contributed by atoms with van der Waals surface area (Å²) in [6.07, 6.45) is 9.82. The van der Waals surface area contributed by atoms with Crippen molar-refractivity contribution < 1.29 is 19.8 Å². The van der Waals surface area contributed by atoms with Gasteiger partial charge in [0, 0.05) is 44.3 Å². The van der Waals surface area contributed by atoms with Gasteiger partial charge in [-0.1, -0.05) is 13.8 Å². The maximum absolute atomic E-state index is 13.7. The predicted octanol–water partition coefficient (Wildman–Crippen LogP) is 4.05. The van der Waals surface area contributed by atoms with E-state index in [0.717, 1.165) is 45.2 Å². The molecular formula is C36H50N4O4. The molecule has 2 heterocycles. The summed E-state index contributed by atoms with van der Waals surface area (Å²) in [5.41, 5.74) is 1.33. The van der Waals surface area contributed by atoms with Gasteiger partial charge in [0.15, 0.2) is 0 Å². The summed E-state index contributed by atoms with van der Waals surface area (Å²) >= 11 is 0. The van der Waals surface area contributed by atoms with Gasteiger partial charge in [0.1, 0.15) is 6.04 Å². The van der Waals surface area contributed by atoms with Crippen LogP contribution in [-0.4, -0.2) is 93.7 Å². The summed E-state index contributed by atoms with van der Waals surface area (Å²) in [5, 5.41) is 31.4. The van der Waals surface area contributed by atoms with E-state index in [1.165, 1.54) is 25.7 Å². The van der Waals surface area contributed by atoms with Crippen LogP contribution in [0.3, 0.4) is 0 Å². The van der Waals surface area contributed by atoms with Crippen LogP contribution in [0.1, 0.15) is 94.0 Å². The van der Waals surface area contributed by atoms with Crippen LogP contribution in [0.4, 0.5) is 0 Å². The Bertz CT molecular complexity index is 1300. The number of rotatable bonds is 3. The van der Waals surface area contributed by atoms with Crippen LogP contribution in [0.2, 0.25) is 0 Å². The Labute approximate surface area is 262 Å². The van der Waals surface area contributed by atoms with E-state index in [2.05, 4.69) is 24.8 Å². The highest BCUT2D eigenvalue weighted by Gasteiger charge is 2.61. The highest BCUT2D eigenvalue weighted by molar-refractivity contribution is 5.98. The number of hydrogen-bond donors (Lipinski definition) is 2. The monoisotopic (exact) mass is 602 g/mol. The number of aliphatic hydroxyl groups excluding tert-OH is 2. The fourth-order valence-electron chi connectivity index (χ4n) is 11.2. The molecule has 1 aromatic carbocycles. The molecule has 2 amide bonds. The number of nitriles is 1. The fraction of sp³-hybridized carbons (Fsp3) is 0.750. The Hall–Kier alpha value is -2.47. The number of benzene rings is 1. The van der Waals surface area contributed by atoms with E-state index in [1.54, 1.807) is 29.2 Å². The number of likely N-dealkylation sites (tertiary alicyclic amines) is 1. The maximum Gasteiger partial charge on any atom is 0.254 e. The van der Waals surface area contributed by atoms with Gasteiger partial charge in [0.05, 0.1) is 23.8 Å². The van der Waals surface area contributed by atoms with Crippen LogP contribution in [0, 0.1) is 45.8 Å². The van der Waals surface area contributed by atoms with Crippen molar-refractivity contribution in [2.75, 3.05) is 32.7 Å². The van der Waals surface area contributed by atoms with Crippen molar-refractivity contribution in [3.63, 3.8) is 0 Å². The van der Waals surface area contributed by atoms with Gasteiger partial charge in [-0.3, -0.25) is 14.5 Å². The van der Waals surface area contributed by atoms with E-state index in [-0.39, 0.29) is 40.9 Å². The minimum atomic E-state index is -0.435. The molecule has 1 aromatic rings. The topological polar surface area (TPSA) is 108 Å². The van der Waals surface area contributed by atoms with Crippen molar-refractivity contribution in [1.29, 1.82) is 5.26 Å². The normalized spacial score (nSPS) is 42.2. The smallest absolute Gasteiger partial charge is 0.254 e. The minimum Gasteiger partial charge on any atom is -0.393 e. The number of amides is 2. The molecule has 6 fully saturated rings. The average molecular weight is 603 g/mol. The number of nitrogens with zero attached hydrogens (tertiary/aromatic N) is 4. The number of carbonyl (C=O) groups excluding carboxylic acids is 2. The summed E-state index contributed by atoms with van der Waals surface area (Å²) in [6, 6.07) is 8.43. The molecular weight excluding hydrogens is 552 g/mol. The first-order valence-electron chi connectivity index (χ1n) is 17.3. The Morgan fingerprint density at radius 2 is 1.61 bits per heavy atom. The highest BCUT2D eigenvalue weighted by atomic mass is 16.3. The van der Waals surface area contributed by atoms with E-state index in [0.29, 0.717) is 60.9 Å². The van der Waals surface area contributed by atoms with E-state index in [1.807, 2.05) is 4.90 Å². The quantitative estimate of drug-likeness (QED) is 0.541. The van der Waals surface area contributed by atoms with E-state index < -0.39 is 6.04 Å². The summed E-state index contributed by atoms with van der Waals surface area (Å²) < 4.78 is 0. The summed E-state index contributed by atoms with van der Waals surface area (Å²) in [4.78, 5) is 33.2. The lowest BCUT2D eigenvalue weighted by atomic mass is 9.44. The van der Waals surface area contributed by atoms with Gasteiger partial charge in [-0.15, -0.1) is 0 Å². The summed E-state index contributed by atoms with van der Waals surface area (Å²) in [7, 11) is 0. The molecule has 0 unspecified atom stereocenters. The van der Waals surface area contributed by atoms with Crippen LogP contribution in [0.15, 0.2) is 24.3 Å². The third-order valence-electron chi connectivity index (χ3n) is 13.8. The molecule has 2 aliphatic heterocycles. The number of hydrogen-bond acceptors (Lipinski definition) is 6. The second-order valence-corrected chi connectivity index (χ2v) is 15.6. The molecule has 7 rings (SSSR count). The standard InChI is InChI=1S/C36H50N4O4/c1-35-14-13-28-26(27(35)11-12-32(35)42)10-9-25-20-31(41)30(21-36(25,28)2)38-16-18-39(19-17-38)34(44)29-4-3-15-40(29)33(43)24-7-5-23(22-37)6-8-24/h5-8,25-32,41-42H,3-4,9-21H2,1-2H3/t25-,26-,27-,28-,29-,30-,31-,32-,35-,36-/m0/s1. The second-order valence-electron chi connectivity index (χ2n) is 15.6. The van der Waals surface area contributed by atoms with Gasteiger partial charge < -0.3 is 20.0 Å². The van der Waals surface area contributed by atoms with Gasteiger partial charge >= 0.3 is 0 Å². The molecule has 4 aliphatic carbocycles. The maximum atomic E-state index is 13.7. The third-order valence-corrected chi connectivity index (χ3v) is 13.8. The number of aliphatic hydroxyl groups is 2. The van der Waals surface area contributed by atoms with Gasteiger partial charge in [0.2, 0.25) is 5.91 Å². The average Bonchev–Trinajstić information content (AvgIpc) is 3.65. The van der Waals surface area contributed by atoms with Gasteiger partial charge in [0.25, 0.3) is 5.91 Å². The third kappa shape index (κ3) is 4.80. The molecule has 2 saturated heterocycles. The molecule has 4 saturated carbocycles. The van der Waals surface area contributed by atoms with E-state index in [4.69, 9.17) is 5.26 Å². The molecule has 2 N–H and O–H groups in total. The van der Waals surface area contributed by atoms with Crippen LogP contribution >= 0.6 is 0 Å². The molecule has 0 spiro atoms. The Morgan fingerprint density at radius 3 is 2.34 bits per heavy atom.